The zero-order valence-electron chi connectivity index (χ0n) is 13.0. The molecular weight excluding hydrogens is 319 g/mol. The van der Waals surface area contributed by atoms with Gasteiger partial charge in [0.2, 0.25) is 0 Å². The first-order valence-electron chi connectivity index (χ1n) is 8.38. The minimum atomic E-state index is -5.26. The van der Waals surface area contributed by atoms with E-state index in [1.54, 1.807) is 0 Å². The molecule has 2 aliphatic carbocycles. The predicted molar refractivity (Wildman–Crippen MR) is 74.0 cm³/mol. The number of carbonyl (C=O) groups is 1. The average molecular weight is 342 g/mol. The third-order valence-electron chi connectivity index (χ3n) is 4.97. The van der Waals surface area contributed by atoms with Crippen molar-refractivity contribution < 1.29 is 31.5 Å². The fourth-order valence-corrected chi connectivity index (χ4v) is 3.62. The van der Waals surface area contributed by atoms with E-state index in [0.717, 1.165) is 25.7 Å². The first-order valence-corrected chi connectivity index (χ1v) is 8.38. The van der Waals surface area contributed by atoms with Gasteiger partial charge in [0.25, 0.3) is 12.0 Å². The van der Waals surface area contributed by atoms with Crippen LogP contribution >= 0.6 is 0 Å². The summed E-state index contributed by atoms with van der Waals surface area (Å²) >= 11 is 0. The van der Waals surface area contributed by atoms with Gasteiger partial charge in [-0.1, -0.05) is 38.5 Å². The van der Waals surface area contributed by atoms with E-state index in [9.17, 15) is 26.7 Å². The zero-order chi connectivity index (χ0) is 17.1. The molecule has 2 fully saturated rings. The molecule has 0 aromatic carbocycles. The summed E-state index contributed by atoms with van der Waals surface area (Å²) in [4.78, 5) is 11.9. The van der Waals surface area contributed by atoms with Gasteiger partial charge in [0.1, 0.15) is 0 Å². The molecule has 0 bridgehead atoms. The van der Waals surface area contributed by atoms with Gasteiger partial charge in [-0.15, -0.1) is 0 Å². The number of esters is 1. The lowest BCUT2D eigenvalue weighted by Crippen LogP contribution is -2.53. The Morgan fingerprint density at radius 1 is 0.826 bits per heavy atom. The first kappa shape index (κ1) is 18.5. The van der Waals surface area contributed by atoms with E-state index in [2.05, 4.69) is 4.74 Å². The van der Waals surface area contributed by atoms with Gasteiger partial charge in [-0.25, -0.2) is 8.78 Å². The summed E-state index contributed by atoms with van der Waals surface area (Å²) in [6, 6.07) is 0. The van der Waals surface area contributed by atoms with Crippen LogP contribution in [0.15, 0.2) is 0 Å². The van der Waals surface area contributed by atoms with Crippen molar-refractivity contribution in [3.05, 3.63) is 0 Å². The first-order chi connectivity index (χ1) is 10.7. The lowest BCUT2D eigenvalue weighted by Gasteiger charge is -2.36. The molecule has 2 saturated carbocycles. The van der Waals surface area contributed by atoms with Crippen LogP contribution in [0, 0.1) is 11.8 Å². The van der Waals surface area contributed by atoms with E-state index in [4.69, 9.17) is 0 Å². The molecule has 2 aliphatic rings. The lowest BCUT2D eigenvalue weighted by atomic mass is 9.82. The maximum Gasteiger partial charge on any atom is 0.431 e. The number of hydrogen-bond acceptors (Lipinski definition) is 2. The van der Waals surface area contributed by atoms with Crippen molar-refractivity contribution in [1.82, 2.24) is 0 Å². The second kappa shape index (κ2) is 7.34. The fourth-order valence-electron chi connectivity index (χ4n) is 3.62. The second-order valence-corrected chi connectivity index (χ2v) is 6.70. The molecule has 0 saturated heterocycles. The van der Waals surface area contributed by atoms with E-state index in [-0.39, 0.29) is 12.8 Å². The largest absolute Gasteiger partial charge is 0.446 e. The van der Waals surface area contributed by atoms with Gasteiger partial charge in [-0.05, 0) is 25.7 Å². The molecule has 1 atom stereocenters. The molecule has 2 nitrogen and oxygen atoms in total. The van der Waals surface area contributed by atoms with E-state index >= 15 is 0 Å². The minimum absolute atomic E-state index is 0.0422. The fraction of sp³-hybridized carbons (Fsp3) is 0.938. The molecule has 0 radical (unpaired) electrons. The highest BCUT2D eigenvalue weighted by Gasteiger charge is 2.62. The molecule has 7 heteroatoms. The van der Waals surface area contributed by atoms with Crippen molar-refractivity contribution in [1.29, 1.82) is 0 Å². The molecular formula is C16H23F5O2. The number of rotatable bonds is 4. The Hall–Kier alpha value is -0.880. The summed E-state index contributed by atoms with van der Waals surface area (Å²) < 4.78 is 72.6. The summed E-state index contributed by atoms with van der Waals surface area (Å²) in [5.74, 6) is -7.25. The van der Waals surface area contributed by atoms with Crippen LogP contribution in [-0.4, -0.2) is 24.2 Å². The molecule has 0 aromatic rings. The van der Waals surface area contributed by atoms with Crippen LogP contribution in [0.1, 0.15) is 64.2 Å². The lowest BCUT2D eigenvalue weighted by molar-refractivity contribution is -0.292. The molecule has 0 amide bonds. The molecule has 1 unspecified atom stereocenters. The van der Waals surface area contributed by atoms with Crippen molar-refractivity contribution in [2.45, 2.75) is 82.4 Å². The quantitative estimate of drug-likeness (QED) is 0.515. The van der Waals surface area contributed by atoms with Gasteiger partial charge in [-0.3, -0.25) is 4.79 Å². The monoisotopic (exact) mass is 342 g/mol. The highest BCUT2D eigenvalue weighted by molar-refractivity contribution is 5.72. The Balaban J connectivity index is 2.10. The summed E-state index contributed by atoms with van der Waals surface area (Å²) in [6.45, 7) is 0. The standard InChI is InChI=1S/C16H23F5O2/c17-15(18,12-9-5-2-6-10-12)14(16(19,20)21)23-13(22)11-7-3-1-4-8-11/h11-12,14H,1-10H2. The molecule has 2 rings (SSSR count). The van der Waals surface area contributed by atoms with Crippen molar-refractivity contribution >= 4 is 5.97 Å². The molecule has 0 aliphatic heterocycles. The van der Waals surface area contributed by atoms with Crippen LogP contribution in [0.2, 0.25) is 0 Å². The molecule has 0 spiro atoms. The average Bonchev–Trinajstić information content (AvgIpc) is 2.53. The van der Waals surface area contributed by atoms with E-state index in [0.29, 0.717) is 25.7 Å². The third kappa shape index (κ3) is 4.57. The minimum Gasteiger partial charge on any atom is -0.446 e. The summed E-state index contributed by atoms with van der Waals surface area (Å²) in [6.07, 6.45) is -3.60. The molecule has 0 N–H and O–H groups in total. The molecule has 134 valence electrons. The normalized spacial score (nSPS) is 23.5. The summed E-state index contributed by atoms with van der Waals surface area (Å²) in [7, 11) is 0. The number of alkyl halides is 5. The van der Waals surface area contributed by atoms with Crippen LogP contribution in [0.5, 0.6) is 0 Å². The van der Waals surface area contributed by atoms with Crippen LogP contribution in [-0.2, 0) is 9.53 Å². The van der Waals surface area contributed by atoms with Crippen LogP contribution in [0.3, 0.4) is 0 Å². The van der Waals surface area contributed by atoms with Gasteiger partial charge in [0, 0.05) is 5.92 Å². The highest BCUT2D eigenvalue weighted by Crippen LogP contribution is 2.45. The SMILES string of the molecule is O=C(OC(C(F)(F)F)C(F)(F)C1CCCCC1)C1CCCCC1. The molecule has 0 heterocycles. The van der Waals surface area contributed by atoms with E-state index in [1.165, 1.54) is 0 Å². The Labute approximate surface area is 132 Å². The number of halogens is 5. The zero-order valence-corrected chi connectivity index (χ0v) is 13.0. The summed E-state index contributed by atoms with van der Waals surface area (Å²) in [5.41, 5.74) is 0. The van der Waals surface area contributed by atoms with Gasteiger partial charge >= 0.3 is 12.1 Å². The number of ether oxygens (including phenoxy) is 1. The van der Waals surface area contributed by atoms with Gasteiger partial charge in [0.05, 0.1) is 5.92 Å². The van der Waals surface area contributed by atoms with Crippen LogP contribution in [0.25, 0.3) is 0 Å². The predicted octanol–water partition coefficient (Wildman–Crippen LogP) is 5.26. The Morgan fingerprint density at radius 3 is 1.78 bits per heavy atom. The van der Waals surface area contributed by atoms with E-state index < -0.39 is 36.0 Å². The third-order valence-corrected chi connectivity index (χ3v) is 4.97. The van der Waals surface area contributed by atoms with Crippen molar-refractivity contribution in [3.8, 4) is 0 Å². The smallest absolute Gasteiger partial charge is 0.431 e. The number of carbonyl (C=O) groups excluding carboxylic acids is 1. The van der Waals surface area contributed by atoms with Crippen LogP contribution < -0.4 is 0 Å². The Kier molecular flexibility index (Phi) is 5.89. The Morgan fingerprint density at radius 2 is 1.30 bits per heavy atom. The van der Waals surface area contributed by atoms with Gasteiger partial charge < -0.3 is 4.74 Å². The van der Waals surface area contributed by atoms with Crippen molar-refractivity contribution in [2.24, 2.45) is 11.8 Å². The second-order valence-electron chi connectivity index (χ2n) is 6.70. The van der Waals surface area contributed by atoms with Crippen molar-refractivity contribution in [3.63, 3.8) is 0 Å². The molecule has 0 aromatic heterocycles. The molecule has 23 heavy (non-hydrogen) atoms. The summed E-state index contributed by atoms with van der Waals surface area (Å²) in [5, 5.41) is 0. The topological polar surface area (TPSA) is 26.3 Å². The van der Waals surface area contributed by atoms with Crippen molar-refractivity contribution in [2.75, 3.05) is 0 Å². The Bertz CT molecular complexity index is 396. The van der Waals surface area contributed by atoms with E-state index in [1.807, 2.05) is 0 Å². The maximum absolute atomic E-state index is 14.4. The highest BCUT2D eigenvalue weighted by atomic mass is 19.4. The number of hydrogen-bond donors (Lipinski definition) is 0. The van der Waals surface area contributed by atoms with Gasteiger partial charge in [0.15, 0.2) is 0 Å². The van der Waals surface area contributed by atoms with Crippen LogP contribution in [0.4, 0.5) is 22.0 Å². The van der Waals surface area contributed by atoms with Gasteiger partial charge in [-0.2, -0.15) is 13.2 Å². The maximum atomic E-state index is 14.4.